The molecular formula is C17H28N2O. The molecule has 1 unspecified atom stereocenters. The van der Waals surface area contributed by atoms with E-state index in [1.807, 2.05) is 0 Å². The molecule has 0 saturated carbocycles. The van der Waals surface area contributed by atoms with Gasteiger partial charge >= 0.3 is 0 Å². The summed E-state index contributed by atoms with van der Waals surface area (Å²) in [5.41, 5.74) is 4.09. The second-order valence-electron chi connectivity index (χ2n) is 7.45. The molecule has 0 bridgehead atoms. The molecule has 112 valence electrons. The van der Waals surface area contributed by atoms with Crippen molar-refractivity contribution < 1.29 is 5.11 Å². The van der Waals surface area contributed by atoms with Gasteiger partial charge in [0.25, 0.3) is 0 Å². The van der Waals surface area contributed by atoms with Gasteiger partial charge in [-0.15, -0.1) is 0 Å². The number of aliphatic hydroxyl groups is 1. The summed E-state index contributed by atoms with van der Waals surface area (Å²) in [7, 11) is 0. The largest absolute Gasteiger partial charge is 0.388 e. The van der Waals surface area contributed by atoms with Crippen molar-refractivity contribution in [1.29, 1.82) is 0 Å². The zero-order valence-electron chi connectivity index (χ0n) is 13.2. The molecule has 1 fully saturated rings. The van der Waals surface area contributed by atoms with Crippen LogP contribution in [-0.4, -0.2) is 34.2 Å². The van der Waals surface area contributed by atoms with Crippen LogP contribution in [0.3, 0.4) is 0 Å². The van der Waals surface area contributed by atoms with Crippen molar-refractivity contribution in [2.45, 2.75) is 59.1 Å². The van der Waals surface area contributed by atoms with Gasteiger partial charge in [-0.1, -0.05) is 13.8 Å². The van der Waals surface area contributed by atoms with Gasteiger partial charge in [-0.05, 0) is 57.2 Å². The minimum absolute atomic E-state index is 0.211. The minimum atomic E-state index is -0.277. The molecule has 1 aromatic heterocycles. The molecular weight excluding hydrogens is 248 g/mol. The van der Waals surface area contributed by atoms with Crippen LogP contribution in [0.2, 0.25) is 0 Å². The summed E-state index contributed by atoms with van der Waals surface area (Å²) in [6, 6.07) is 2.21. The SMILES string of the molecule is Cc1cc2c(n1CCN1CCCC1)CC(C)(C)CC2O. The fourth-order valence-corrected chi connectivity index (χ4v) is 3.96. The quantitative estimate of drug-likeness (QED) is 0.919. The molecule has 1 aromatic rings. The van der Waals surface area contributed by atoms with E-state index in [-0.39, 0.29) is 11.5 Å². The van der Waals surface area contributed by atoms with Crippen LogP contribution in [-0.2, 0) is 13.0 Å². The third-order valence-electron chi connectivity index (χ3n) is 5.04. The Bertz CT molecular complexity index is 483. The van der Waals surface area contributed by atoms with Crippen molar-refractivity contribution in [2.24, 2.45) is 5.41 Å². The maximum atomic E-state index is 10.4. The second kappa shape index (κ2) is 5.19. The van der Waals surface area contributed by atoms with Crippen molar-refractivity contribution >= 4 is 0 Å². The van der Waals surface area contributed by atoms with Gasteiger partial charge in [0.15, 0.2) is 0 Å². The number of rotatable bonds is 3. The first-order valence-corrected chi connectivity index (χ1v) is 8.06. The lowest BCUT2D eigenvalue weighted by molar-refractivity contribution is 0.0977. The van der Waals surface area contributed by atoms with Crippen molar-refractivity contribution in [3.8, 4) is 0 Å². The molecule has 0 amide bonds. The number of aryl methyl sites for hydroxylation is 1. The first-order valence-electron chi connectivity index (χ1n) is 8.06. The van der Waals surface area contributed by atoms with Gasteiger partial charge in [0.2, 0.25) is 0 Å². The molecule has 0 radical (unpaired) electrons. The first kappa shape index (κ1) is 14.2. The van der Waals surface area contributed by atoms with Gasteiger partial charge in [-0.3, -0.25) is 0 Å². The van der Waals surface area contributed by atoms with E-state index in [1.54, 1.807) is 0 Å². The summed E-state index contributed by atoms with van der Waals surface area (Å²) < 4.78 is 2.46. The number of likely N-dealkylation sites (tertiary alicyclic amines) is 1. The average Bonchev–Trinajstić information content (AvgIpc) is 2.94. The molecule has 1 atom stereocenters. The number of aliphatic hydroxyl groups excluding tert-OH is 1. The number of nitrogens with zero attached hydrogens (tertiary/aromatic N) is 2. The van der Waals surface area contributed by atoms with Crippen LogP contribution in [0.25, 0.3) is 0 Å². The van der Waals surface area contributed by atoms with E-state index in [9.17, 15) is 5.11 Å². The standard InChI is InChI=1S/C17H28N2O/c1-13-10-14-15(11-17(2,3)12-16(14)20)19(13)9-8-18-6-4-5-7-18/h10,16,20H,4-9,11-12H2,1-3H3. The highest BCUT2D eigenvalue weighted by molar-refractivity contribution is 5.33. The van der Waals surface area contributed by atoms with Crippen LogP contribution in [0.1, 0.15) is 56.2 Å². The van der Waals surface area contributed by atoms with E-state index in [0.29, 0.717) is 0 Å². The molecule has 3 heteroatoms. The van der Waals surface area contributed by atoms with Crippen molar-refractivity contribution in [3.05, 3.63) is 23.0 Å². The Balaban J connectivity index is 1.80. The van der Waals surface area contributed by atoms with Crippen molar-refractivity contribution in [1.82, 2.24) is 9.47 Å². The summed E-state index contributed by atoms with van der Waals surface area (Å²) in [5, 5.41) is 10.4. The molecule has 2 aliphatic rings. The van der Waals surface area contributed by atoms with E-state index >= 15 is 0 Å². The predicted octanol–water partition coefficient (Wildman–Crippen LogP) is 2.90. The minimum Gasteiger partial charge on any atom is -0.388 e. The third kappa shape index (κ3) is 2.66. The highest BCUT2D eigenvalue weighted by Crippen LogP contribution is 2.41. The van der Waals surface area contributed by atoms with E-state index in [1.165, 1.54) is 42.9 Å². The van der Waals surface area contributed by atoms with Crippen LogP contribution >= 0.6 is 0 Å². The first-order chi connectivity index (χ1) is 9.46. The highest BCUT2D eigenvalue weighted by Gasteiger charge is 2.34. The molecule has 1 saturated heterocycles. The lowest BCUT2D eigenvalue weighted by atomic mass is 9.75. The van der Waals surface area contributed by atoms with Crippen LogP contribution in [0.4, 0.5) is 0 Å². The number of hydrogen-bond donors (Lipinski definition) is 1. The Morgan fingerprint density at radius 2 is 1.95 bits per heavy atom. The lowest BCUT2D eigenvalue weighted by Gasteiger charge is -2.34. The van der Waals surface area contributed by atoms with Crippen LogP contribution in [0.15, 0.2) is 6.07 Å². The maximum Gasteiger partial charge on any atom is 0.0812 e. The van der Waals surface area contributed by atoms with E-state index < -0.39 is 0 Å². The molecule has 3 nitrogen and oxygen atoms in total. The lowest BCUT2D eigenvalue weighted by Crippen LogP contribution is -2.29. The molecule has 0 aromatic carbocycles. The summed E-state index contributed by atoms with van der Waals surface area (Å²) in [6.07, 6.45) is 4.41. The van der Waals surface area contributed by atoms with Gasteiger partial charge in [0.1, 0.15) is 0 Å². The Hall–Kier alpha value is -0.800. The van der Waals surface area contributed by atoms with Gasteiger partial charge in [0.05, 0.1) is 6.10 Å². The van der Waals surface area contributed by atoms with Crippen LogP contribution < -0.4 is 0 Å². The zero-order valence-corrected chi connectivity index (χ0v) is 13.2. The number of hydrogen-bond acceptors (Lipinski definition) is 2. The van der Waals surface area contributed by atoms with E-state index in [4.69, 9.17) is 0 Å². The van der Waals surface area contributed by atoms with Crippen LogP contribution in [0, 0.1) is 12.3 Å². The Kier molecular flexibility index (Phi) is 3.67. The zero-order chi connectivity index (χ0) is 14.3. The molecule has 20 heavy (non-hydrogen) atoms. The molecule has 1 aliphatic carbocycles. The Morgan fingerprint density at radius 1 is 1.25 bits per heavy atom. The Labute approximate surface area is 122 Å². The van der Waals surface area contributed by atoms with Gasteiger partial charge in [0, 0.05) is 30.0 Å². The van der Waals surface area contributed by atoms with Gasteiger partial charge in [-0.2, -0.15) is 0 Å². The average molecular weight is 276 g/mol. The van der Waals surface area contributed by atoms with E-state index in [0.717, 1.165) is 25.9 Å². The summed E-state index contributed by atoms with van der Waals surface area (Å²) in [4.78, 5) is 2.57. The summed E-state index contributed by atoms with van der Waals surface area (Å²) >= 11 is 0. The van der Waals surface area contributed by atoms with Crippen LogP contribution in [0.5, 0.6) is 0 Å². The molecule has 1 N–H and O–H groups in total. The maximum absolute atomic E-state index is 10.4. The van der Waals surface area contributed by atoms with Gasteiger partial charge < -0.3 is 14.6 Å². The predicted molar refractivity (Wildman–Crippen MR) is 81.9 cm³/mol. The normalized spacial score (nSPS) is 25.9. The third-order valence-corrected chi connectivity index (χ3v) is 5.04. The molecule has 1 aliphatic heterocycles. The smallest absolute Gasteiger partial charge is 0.0812 e. The molecule has 2 heterocycles. The van der Waals surface area contributed by atoms with Gasteiger partial charge in [-0.25, -0.2) is 0 Å². The fraction of sp³-hybridized carbons (Fsp3) is 0.765. The molecule has 0 spiro atoms. The monoisotopic (exact) mass is 276 g/mol. The summed E-state index contributed by atoms with van der Waals surface area (Å²) in [5.74, 6) is 0. The Morgan fingerprint density at radius 3 is 2.65 bits per heavy atom. The fourth-order valence-electron chi connectivity index (χ4n) is 3.96. The number of aromatic nitrogens is 1. The summed E-state index contributed by atoms with van der Waals surface area (Å²) in [6.45, 7) is 11.5. The van der Waals surface area contributed by atoms with Crippen molar-refractivity contribution in [3.63, 3.8) is 0 Å². The topological polar surface area (TPSA) is 28.4 Å². The van der Waals surface area contributed by atoms with E-state index in [2.05, 4.69) is 36.3 Å². The number of fused-ring (bicyclic) bond motifs is 1. The molecule has 3 rings (SSSR count). The highest BCUT2D eigenvalue weighted by atomic mass is 16.3. The second-order valence-corrected chi connectivity index (χ2v) is 7.45. The van der Waals surface area contributed by atoms with Crippen molar-refractivity contribution in [2.75, 3.05) is 19.6 Å².